The molecule has 4 unspecified atom stereocenters. The lowest BCUT2D eigenvalue weighted by Gasteiger charge is -2.19. The van der Waals surface area contributed by atoms with Gasteiger partial charge < -0.3 is 10.2 Å². The molecule has 0 radical (unpaired) electrons. The summed E-state index contributed by atoms with van der Waals surface area (Å²) in [6.45, 7) is 1.90. The van der Waals surface area contributed by atoms with Crippen LogP contribution in [0.5, 0.6) is 0 Å². The van der Waals surface area contributed by atoms with Crippen molar-refractivity contribution in [1.29, 1.82) is 0 Å². The lowest BCUT2D eigenvalue weighted by Crippen LogP contribution is -2.36. The Kier molecular flexibility index (Phi) is 3.60. The third-order valence-electron chi connectivity index (χ3n) is 4.59. The minimum absolute atomic E-state index is 0.187. The van der Waals surface area contributed by atoms with E-state index in [1.807, 2.05) is 37.3 Å². The summed E-state index contributed by atoms with van der Waals surface area (Å²) >= 11 is 0. The second kappa shape index (κ2) is 5.44. The molecule has 2 aliphatic rings. The van der Waals surface area contributed by atoms with Gasteiger partial charge in [-0.3, -0.25) is 14.7 Å². The number of aliphatic imine (C=N–C) groups is 1. The SMILES string of the molecule is CC(N=C1C(C(=O)O)C2CCC1N2C(=O)O)c1ccccc1. The van der Waals surface area contributed by atoms with E-state index in [-0.39, 0.29) is 6.04 Å². The van der Waals surface area contributed by atoms with Gasteiger partial charge in [0.2, 0.25) is 0 Å². The van der Waals surface area contributed by atoms with Crippen LogP contribution in [0.3, 0.4) is 0 Å². The highest BCUT2D eigenvalue weighted by molar-refractivity contribution is 6.09. The molecule has 6 nitrogen and oxygen atoms in total. The van der Waals surface area contributed by atoms with Gasteiger partial charge in [-0.15, -0.1) is 0 Å². The van der Waals surface area contributed by atoms with Crippen LogP contribution in [0.15, 0.2) is 35.3 Å². The fraction of sp³-hybridized carbons (Fsp3) is 0.438. The van der Waals surface area contributed by atoms with Crippen molar-refractivity contribution in [1.82, 2.24) is 4.90 Å². The average molecular weight is 302 g/mol. The van der Waals surface area contributed by atoms with Crippen molar-refractivity contribution in [3.05, 3.63) is 35.9 Å². The van der Waals surface area contributed by atoms with Gasteiger partial charge in [-0.1, -0.05) is 30.3 Å². The van der Waals surface area contributed by atoms with E-state index in [0.717, 1.165) is 5.56 Å². The van der Waals surface area contributed by atoms with Gasteiger partial charge in [-0.05, 0) is 25.3 Å². The summed E-state index contributed by atoms with van der Waals surface area (Å²) in [5.41, 5.74) is 1.49. The number of aliphatic carboxylic acids is 1. The van der Waals surface area contributed by atoms with Crippen molar-refractivity contribution in [2.24, 2.45) is 10.9 Å². The first-order chi connectivity index (χ1) is 10.5. The van der Waals surface area contributed by atoms with E-state index < -0.39 is 30.1 Å². The third-order valence-corrected chi connectivity index (χ3v) is 4.59. The minimum Gasteiger partial charge on any atom is -0.481 e. The van der Waals surface area contributed by atoms with Crippen molar-refractivity contribution in [2.45, 2.75) is 37.9 Å². The van der Waals surface area contributed by atoms with Crippen LogP contribution in [0.2, 0.25) is 0 Å². The van der Waals surface area contributed by atoms with Crippen LogP contribution in [0.1, 0.15) is 31.4 Å². The molecule has 22 heavy (non-hydrogen) atoms. The van der Waals surface area contributed by atoms with Gasteiger partial charge in [0.25, 0.3) is 0 Å². The monoisotopic (exact) mass is 302 g/mol. The van der Waals surface area contributed by atoms with Crippen LogP contribution in [0.25, 0.3) is 0 Å². The van der Waals surface area contributed by atoms with Crippen molar-refractivity contribution in [3.63, 3.8) is 0 Å². The topological polar surface area (TPSA) is 90.2 Å². The summed E-state index contributed by atoms with van der Waals surface area (Å²) in [7, 11) is 0. The molecule has 1 aromatic rings. The third kappa shape index (κ3) is 2.24. The second-order valence-corrected chi connectivity index (χ2v) is 5.81. The van der Waals surface area contributed by atoms with Gasteiger partial charge in [0.05, 0.1) is 23.8 Å². The summed E-state index contributed by atoms with van der Waals surface area (Å²) in [5, 5.41) is 18.8. The zero-order valence-corrected chi connectivity index (χ0v) is 12.2. The molecule has 4 atom stereocenters. The Hall–Kier alpha value is -2.37. The standard InChI is InChI=1S/C16H18N2O4/c1-9(10-5-3-2-4-6-10)17-14-12-8-7-11(13(14)15(19)20)18(12)16(21)22/h2-6,9,11-13H,7-8H2,1H3,(H,19,20)(H,21,22). The molecule has 2 N–H and O–H groups in total. The number of carboxylic acids is 1. The van der Waals surface area contributed by atoms with Gasteiger partial charge in [0, 0.05) is 0 Å². The number of carboxylic acid groups (broad SMARTS) is 2. The quantitative estimate of drug-likeness (QED) is 0.897. The first kappa shape index (κ1) is 14.6. The zero-order valence-electron chi connectivity index (χ0n) is 12.2. The summed E-state index contributed by atoms with van der Waals surface area (Å²) in [6.07, 6.45) is 0.185. The highest BCUT2D eigenvalue weighted by Crippen LogP contribution is 2.41. The number of benzene rings is 1. The van der Waals surface area contributed by atoms with Crippen LogP contribution < -0.4 is 0 Å². The Bertz CT molecular complexity index is 628. The lowest BCUT2D eigenvalue weighted by molar-refractivity contribution is -0.140. The molecule has 0 saturated carbocycles. The van der Waals surface area contributed by atoms with Crippen LogP contribution >= 0.6 is 0 Å². The molecule has 0 spiro atoms. The van der Waals surface area contributed by atoms with Crippen molar-refractivity contribution >= 4 is 17.8 Å². The van der Waals surface area contributed by atoms with Crippen molar-refractivity contribution in [2.75, 3.05) is 0 Å². The lowest BCUT2D eigenvalue weighted by atomic mass is 9.87. The fourth-order valence-electron chi connectivity index (χ4n) is 3.62. The molecule has 2 saturated heterocycles. The molecule has 1 aromatic carbocycles. The Labute approximate surface area is 128 Å². The molecule has 6 heteroatoms. The molecule has 2 fully saturated rings. The molecule has 2 aliphatic heterocycles. The number of carbonyl (C=O) groups is 2. The van der Waals surface area contributed by atoms with Crippen LogP contribution in [0, 0.1) is 5.92 Å². The first-order valence-electron chi connectivity index (χ1n) is 7.37. The van der Waals surface area contributed by atoms with Crippen molar-refractivity contribution in [3.8, 4) is 0 Å². The zero-order chi connectivity index (χ0) is 15.9. The highest BCUT2D eigenvalue weighted by atomic mass is 16.4. The maximum absolute atomic E-state index is 11.6. The minimum atomic E-state index is -1.06. The average Bonchev–Trinajstić information content (AvgIpc) is 3.04. The molecular formula is C16H18N2O4. The molecular weight excluding hydrogens is 284 g/mol. The van der Waals surface area contributed by atoms with Gasteiger partial charge in [-0.25, -0.2) is 4.79 Å². The highest BCUT2D eigenvalue weighted by Gasteiger charge is 2.56. The van der Waals surface area contributed by atoms with Crippen LogP contribution in [-0.4, -0.2) is 45.0 Å². The largest absolute Gasteiger partial charge is 0.481 e. The number of amides is 1. The Morgan fingerprint density at radius 2 is 1.91 bits per heavy atom. The molecule has 0 aliphatic carbocycles. The summed E-state index contributed by atoms with van der Waals surface area (Å²) < 4.78 is 0. The molecule has 2 bridgehead atoms. The number of nitrogens with zero attached hydrogens (tertiary/aromatic N) is 2. The molecule has 116 valence electrons. The Morgan fingerprint density at radius 3 is 2.50 bits per heavy atom. The van der Waals surface area contributed by atoms with Gasteiger partial charge in [0.15, 0.2) is 0 Å². The molecule has 1 amide bonds. The summed E-state index contributed by atoms with van der Waals surface area (Å²) in [5.74, 6) is -1.81. The van der Waals surface area contributed by atoms with E-state index in [1.54, 1.807) is 0 Å². The van der Waals surface area contributed by atoms with E-state index >= 15 is 0 Å². The Balaban J connectivity index is 1.96. The smallest absolute Gasteiger partial charge is 0.408 e. The summed E-state index contributed by atoms with van der Waals surface area (Å²) in [6, 6.07) is 8.53. The fourth-order valence-corrected chi connectivity index (χ4v) is 3.62. The van der Waals surface area contributed by atoms with Crippen LogP contribution in [0.4, 0.5) is 4.79 Å². The van der Waals surface area contributed by atoms with Gasteiger partial charge >= 0.3 is 12.1 Å². The maximum atomic E-state index is 11.6. The number of hydrogen-bond donors (Lipinski definition) is 2. The van der Waals surface area contributed by atoms with Gasteiger partial charge in [-0.2, -0.15) is 0 Å². The first-order valence-corrected chi connectivity index (χ1v) is 7.37. The molecule has 0 aromatic heterocycles. The van der Waals surface area contributed by atoms with Gasteiger partial charge in [0.1, 0.15) is 5.92 Å². The predicted molar refractivity (Wildman–Crippen MR) is 80.1 cm³/mol. The normalized spacial score (nSPS) is 29.8. The predicted octanol–water partition coefficient (Wildman–Crippen LogP) is 2.41. The Morgan fingerprint density at radius 1 is 1.23 bits per heavy atom. The second-order valence-electron chi connectivity index (χ2n) is 5.81. The van der Waals surface area contributed by atoms with E-state index in [2.05, 4.69) is 4.99 Å². The molecule has 2 heterocycles. The molecule has 3 rings (SSSR count). The van der Waals surface area contributed by atoms with E-state index in [1.165, 1.54) is 4.90 Å². The van der Waals surface area contributed by atoms with Crippen molar-refractivity contribution < 1.29 is 19.8 Å². The van der Waals surface area contributed by atoms with E-state index in [4.69, 9.17) is 0 Å². The number of hydrogen-bond acceptors (Lipinski definition) is 3. The number of rotatable bonds is 3. The number of fused-ring (bicyclic) bond motifs is 2. The van der Waals surface area contributed by atoms with E-state index in [9.17, 15) is 19.8 Å². The van der Waals surface area contributed by atoms with Crippen LogP contribution in [-0.2, 0) is 4.79 Å². The maximum Gasteiger partial charge on any atom is 0.408 e. The summed E-state index contributed by atoms with van der Waals surface area (Å²) in [4.78, 5) is 28.9. The van der Waals surface area contributed by atoms with E-state index in [0.29, 0.717) is 18.6 Å².